The molecule has 0 saturated heterocycles. The second-order valence-electron chi connectivity index (χ2n) is 4.19. The summed E-state index contributed by atoms with van der Waals surface area (Å²) in [7, 11) is 3.55. The van der Waals surface area contributed by atoms with Gasteiger partial charge in [-0.1, -0.05) is 0 Å². The van der Waals surface area contributed by atoms with Gasteiger partial charge in [0.1, 0.15) is 0 Å². The number of aryl methyl sites for hydroxylation is 2. The molecule has 0 aliphatic heterocycles. The zero-order valence-corrected chi connectivity index (χ0v) is 10.6. The maximum Gasteiger partial charge on any atom is 0.211 e. The Kier molecular flexibility index (Phi) is 2.32. The van der Waals surface area contributed by atoms with Crippen molar-refractivity contribution in [2.75, 3.05) is 12.8 Å². The molecule has 2 aromatic heterocycles. The van der Waals surface area contributed by atoms with Crippen molar-refractivity contribution in [1.82, 2.24) is 14.8 Å². The number of ether oxygens (including phenoxy) is 1. The molecule has 0 spiro atoms. The van der Waals surface area contributed by atoms with E-state index in [0.29, 0.717) is 11.0 Å². The number of nitrogen functional groups attached to an aromatic ring is 1. The molecule has 1 aliphatic rings. The van der Waals surface area contributed by atoms with Gasteiger partial charge in [0.15, 0.2) is 5.13 Å². The summed E-state index contributed by atoms with van der Waals surface area (Å²) < 4.78 is 7.00. The summed E-state index contributed by atoms with van der Waals surface area (Å²) in [6.45, 7) is 0. The number of hydrogen-bond donors (Lipinski definition) is 1. The molecule has 2 N–H and O–H groups in total. The summed E-state index contributed by atoms with van der Waals surface area (Å²) >= 11 is 1.58. The van der Waals surface area contributed by atoms with Crippen molar-refractivity contribution in [3.8, 4) is 5.88 Å². The largest absolute Gasteiger partial charge is 0.481 e. The van der Waals surface area contributed by atoms with Crippen LogP contribution in [0.3, 0.4) is 0 Å². The van der Waals surface area contributed by atoms with Crippen molar-refractivity contribution in [3.05, 3.63) is 22.3 Å². The molecule has 1 unspecified atom stereocenters. The van der Waals surface area contributed by atoms with E-state index in [2.05, 4.69) is 10.1 Å². The predicted octanol–water partition coefficient (Wildman–Crippen LogP) is 1.55. The normalized spacial score (nSPS) is 18.4. The first-order valence-corrected chi connectivity index (χ1v) is 6.33. The Hall–Kier alpha value is -1.56. The van der Waals surface area contributed by atoms with Gasteiger partial charge in [0.25, 0.3) is 0 Å². The minimum atomic E-state index is 0.329. The van der Waals surface area contributed by atoms with E-state index in [4.69, 9.17) is 10.5 Å². The average molecular weight is 250 g/mol. The Morgan fingerprint density at radius 1 is 1.59 bits per heavy atom. The fourth-order valence-corrected chi connectivity index (χ4v) is 3.39. The molecule has 90 valence electrons. The fraction of sp³-hybridized carbons (Fsp3) is 0.455. The highest BCUT2D eigenvalue weighted by molar-refractivity contribution is 7.15. The van der Waals surface area contributed by atoms with Crippen LogP contribution < -0.4 is 10.5 Å². The number of nitrogens with two attached hydrogens (primary N) is 1. The number of methoxy groups -OCH3 is 1. The second-order valence-corrected chi connectivity index (χ2v) is 5.25. The highest BCUT2D eigenvalue weighted by Crippen LogP contribution is 2.42. The van der Waals surface area contributed by atoms with Crippen LogP contribution in [0.4, 0.5) is 5.13 Å². The molecule has 2 heterocycles. The van der Waals surface area contributed by atoms with Crippen molar-refractivity contribution < 1.29 is 4.74 Å². The first-order chi connectivity index (χ1) is 8.19. The van der Waals surface area contributed by atoms with Gasteiger partial charge in [-0.15, -0.1) is 11.3 Å². The van der Waals surface area contributed by atoms with Crippen LogP contribution in [0.2, 0.25) is 0 Å². The molecule has 6 heteroatoms. The number of aromatic nitrogens is 3. The van der Waals surface area contributed by atoms with Gasteiger partial charge < -0.3 is 10.5 Å². The number of rotatable bonds is 2. The molecular weight excluding hydrogens is 236 g/mol. The Morgan fingerprint density at radius 3 is 3.12 bits per heavy atom. The Morgan fingerprint density at radius 2 is 2.41 bits per heavy atom. The molecule has 2 aromatic rings. The Labute approximate surface area is 103 Å². The monoisotopic (exact) mass is 250 g/mol. The molecule has 17 heavy (non-hydrogen) atoms. The molecule has 1 aliphatic carbocycles. The third kappa shape index (κ3) is 1.59. The van der Waals surface area contributed by atoms with Gasteiger partial charge in [-0.05, 0) is 12.8 Å². The van der Waals surface area contributed by atoms with E-state index in [1.54, 1.807) is 23.1 Å². The molecule has 0 radical (unpaired) electrons. The lowest BCUT2D eigenvalue weighted by molar-refractivity contribution is 0.373. The van der Waals surface area contributed by atoms with Crippen molar-refractivity contribution >= 4 is 16.5 Å². The van der Waals surface area contributed by atoms with E-state index in [1.807, 2.05) is 13.1 Å². The minimum absolute atomic E-state index is 0.329. The van der Waals surface area contributed by atoms with Crippen LogP contribution in [-0.2, 0) is 13.5 Å². The summed E-state index contributed by atoms with van der Waals surface area (Å²) in [6, 6.07) is 2.00. The average Bonchev–Trinajstić information content (AvgIpc) is 2.91. The lowest BCUT2D eigenvalue weighted by Crippen LogP contribution is -1.98. The number of hydrogen-bond acceptors (Lipinski definition) is 5. The molecule has 0 aromatic carbocycles. The van der Waals surface area contributed by atoms with Gasteiger partial charge in [-0.3, -0.25) is 0 Å². The van der Waals surface area contributed by atoms with Gasteiger partial charge in [0, 0.05) is 23.9 Å². The van der Waals surface area contributed by atoms with Gasteiger partial charge in [0.2, 0.25) is 5.88 Å². The van der Waals surface area contributed by atoms with Gasteiger partial charge in [-0.2, -0.15) is 5.10 Å². The van der Waals surface area contributed by atoms with Crippen molar-refractivity contribution in [3.63, 3.8) is 0 Å². The van der Waals surface area contributed by atoms with E-state index < -0.39 is 0 Å². The Bertz CT molecular complexity index is 560. The predicted molar refractivity (Wildman–Crippen MR) is 66.5 cm³/mol. The van der Waals surface area contributed by atoms with Crippen LogP contribution in [0.25, 0.3) is 0 Å². The first kappa shape index (κ1) is 10.6. The maximum absolute atomic E-state index is 5.75. The van der Waals surface area contributed by atoms with Crippen LogP contribution in [0.15, 0.2) is 6.07 Å². The first-order valence-electron chi connectivity index (χ1n) is 5.52. The highest BCUT2D eigenvalue weighted by atomic mass is 32.1. The topological polar surface area (TPSA) is 66.0 Å². The molecule has 0 amide bonds. The van der Waals surface area contributed by atoms with E-state index in [1.165, 1.54) is 4.88 Å². The quantitative estimate of drug-likeness (QED) is 0.878. The number of nitrogens with zero attached hydrogens (tertiary/aromatic N) is 3. The third-order valence-corrected chi connectivity index (χ3v) is 4.19. The van der Waals surface area contributed by atoms with E-state index >= 15 is 0 Å². The smallest absolute Gasteiger partial charge is 0.211 e. The highest BCUT2D eigenvalue weighted by Gasteiger charge is 2.30. The van der Waals surface area contributed by atoms with Crippen LogP contribution >= 0.6 is 11.3 Å². The number of anilines is 1. The Balaban J connectivity index is 2.00. The molecule has 1 atom stereocenters. The summed E-state index contributed by atoms with van der Waals surface area (Å²) in [4.78, 5) is 5.61. The molecule has 0 saturated carbocycles. The van der Waals surface area contributed by atoms with E-state index in [9.17, 15) is 0 Å². The summed E-state index contributed by atoms with van der Waals surface area (Å²) in [5.74, 6) is 1.11. The zero-order chi connectivity index (χ0) is 12.0. The van der Waals surface area contributed by atoms with Crippen LogP contribution in [0.5, 0.6) is 5.88 Å². The van der Waals surface area contributed by atoms with E-state index in [0.717, 1.165) is 30.1 Å². The van der Waals surface area contributed by atoms with Crippen molar-refractivity contribution in [2.45, 2.75) is 18.8 Å². The standard InChI is InChI=1S/C11H14N4OS/c1-15-9(16-2)5-8(14-15)6-3-4-7-10(6)17-11(12)13-7/h5-6H,3-4H2,1-2H3,(H2,12,13). The number of fused-ring (bicyclic) bond motifs is 1. The van der Waals surface area contributed by atoms with Crippen LogP contribution in [0, 0.1) is 0 Å². The second kappa shape index (κ2) is 3.73. The SMILES string of the molecule is COc1cc(C2CCc3nc(N)sc32)nn1C. The van der Waals surface area contributed by atoms with Crippen LogP contribution in [-0.4, -0.2) is 21.9 Å². The lowest BCUT2D eigenvalue weighted by atomic mass is 10.1. The van der Waals surface area contributed by atoms with Crippen LogP contribution in [0.1, 0.15) is 28.6 Å². The molecular formula is C11H14N4OS. The van der Waals surface area contributed by atoms with Crippen molar-refractivity contribution in [2.24, 2.45) is 7.05 Å². The van der Waals surface area contributed by atoms with Crippen molar-refractivity contribution in [1.29, 1.82) is 0 Å². The third-order valence-electron chi connectivity index (χ3n) is 3.15. The van der Waals surface area contributed by atoms with Gasteiger partial charge in [-0.25, -0.2) is 9.67 Å². The molecule has 0 bridgehead atoms. The fourth-order valence-electron chi connectivity index (χ4n) is 2.36. The summed E-state index contributed by atoms with van der Waals surface area (Å²) in [5, 5.41) is 5.16. The lowest BCUT2D eigenvalue weighted by Gasteiger charge is -2.03. The zero-order valence-electron chi connectivity index (χ0n) is 9.80. The summed E-state index contributed by atoms with van der Waals surface area (Å²) in [5.41, 5.74) is 7.94. The minimum Gasteiger partial charge on any atom is -0.481 e. The molecule has 5 nitrogen and oxygen atoms in total. The van der Waals surface area contributed by atoms with E-state index in [-0.39, 0.29) is 0 Å². The number of thiazole rings is 1. The van der Waals surface area contributed by atoms with Gasteiger partial charge >= 0.3 is 0 Å². The van der Waals surface area contributed by atoms with Gasteiger partial charge in [0.05, 0.1) is 18.5 Å². The maximum atomic E-state index is 5.75. The summed E-state index contributed by atoms with van der Waals surface area (Å²) in [6.07, 6.45) is 2.06. The molecule has 3 rings (SSSR count). The molecule has 0 fully saturated rings.